The predicted molar refractivity (Wildman–Crippen MR) is 133 cm³/mol. The van der Waals surface area contributed by atoms with Crippen molar-refractivity contribution in [2.24, 2.45) is 0 Å². The minimum atomic E-state index is -1.83. The summed E-state index contributed by atoms with van der Waals surface area (Å²) < 4.78 is 32.4. The number of hydrogen-bond acceptors (Lipinski definition) is 6. The van der Waals surface area contributed by atoms with Gasteiger partial charge in [0.2, 0.25) is 0 Å². The molecule has 8 nitrogen and oxygen atoms in total. The lowest BCUT2D eigenvalue weighted by Gasteiger charge is -2.21. The molecule has 1 saturated carbocycles. The van der Waals surface area contributed by atoms with E-state index in [0.717, 1.165) is 24.5 Å². The van der Waals surface area contributed by atoms with Crippen molar-refractivity contribution in [3.8, 4) is 28.8 Å². The summed E-state index contributed by atoms with van der Waals surface area (Å²) in [7, 11) is 3.01. The van der Waals surface area contributed by atoms with Gasteiger partial charge in [-0.1, -0.05) is 6.58 Å². The second-order valence-electron chi connectivity index (χ2n) is 9.45. The monoisotopic (exact) mass is 492 g/mol. The van der Waals surface area contributed by atoms with Gasteiger partial charge in [-0.2, -0.15) is 9.65 Å². The first-order valence-electron chi connectivity index (χ1n) is 11.5. The van der Waals surface area contributed by atoms with E-state index < -0.39 is 23.2 Å². The van der Waals surface area contributed by atoms with Crippen LogP contribution in [0.1, 0.15) is 42.6 Å². The van der Waals surface area contributed by atoms with Crippen LogP contribution in [0.15, 0.2) is 49.3 Å². The molecule has 2 heterocycles. The molecule has 36 heavy (non-hydrogen) atoms. The number of pyridine rings is 1. The fourth-order valence-electron chi connectivity index (χ4n) is 4.07. The van der Waals surface area contributed by atoms with Crippen LogP contribution in [-0.2, 0) is 10.2 Å². The lowest BCUT2D eigenvalue weighted by atomic mass is 9.87. The summed E-state index contributed by atoms with van der Waals surface area (Å²) in [6, 6.07) is 9.28. The maximum atomic E-state index is 14.3. The average molecular weight is 493 g/mol. The Morgan fingerprint density at radius 1 is 1.36 bits per heavy atom. The number of benzene rings is 1. The molecule has 1 unspecified atom stereocenters. The summed E-state index contributed by atoms with van der Waals surface area (Å²) in [5.74, 6) is -0.206. The first-order chi connectivity index (χ1) is 17.2. The molecule has 1 amide bonds. The van der Waals surface area contributed by atoms with Gasteiger partial charge in [-0.15, -0.1) is 0 Å². The molecular weight excluding hydrogens is 463 g/mol. The Labute approximate surface area is 209 Å². The van der Waals surface area contributed by atoms with E-state index >= 15 is 0 Å². The van der Waals surface area contributed by atoms with E-state index in [9.17, 15) is 14.4 Å². The lowest BCUT2D eigenvalue weighted by Crippen LogP contribution is -2.40. The summed E-state index contributed by atoms with van der Waals surface area (Å²) in [5, 5.41) is 12.5. The quantitative estimate of drug-likeness (QED) is 0.416. The summed E-state index contributed by atoms with van der Waals surface area (Å²) in [5.41, 5.74) is 1.71. The summed E-state index contributed by atoms with van der Waals surface area (Å²) >= 11 is 0. The van der Waals surface area contributed by atoms with Crippen LogP contribution in [0.3, 0.4) is 0 Å². The topological polar surface area (TPSA) is 97.9 Å². The Bertz CT molecular complexity index is 1350. The van der Waals surface area contributed by atoms with E-state index in [-0.39, 0.29) is 17.1 Å². The SMILES string of the molecule is C=CC(F)Oc1cc(-c2cnc3cc(C(C)(C)C#N)ccn23)cc(OC)c1C(=O)NC1(COC)CC1. The standard InChI is InChI=1S/C27H29FN4O4/c1-6-22(28)36-21-12-17(11-20(35-5)24(21)25(33)31-27(8-9-27)16-34-4)19-14-30-23-13-18(7-10-32(19)23)26(2,3)15-29/h6-7,10-14,22H,1,8-9,16H2,2-5H3,(H,31,33). The number of amides is 1. The number of carbonyl (C=O) groups is 1. The number of nitrogens with zero attached hydrogens (tertiary/aromatic N) is 3. The number of nitriles is 1. The van der Waals surface area contributed by atoms with Gasteiger partial charge in [0, 0.05) is 18.9 Å². The Morgan fingerprint density at radius 2 is 2.08 bits per heavy atom. The van der Waals surface area contributed by atoms with E-state index in [1.54, 1.807) is 25.4 Å². The number of carbonyl (C=O) groups excluding carboxylic acids is 1. The molecule has 0 radical (unpaired) electrons. The Morgan fingerprint density at radius 3 is 2.69 bits per heavy atom. The van der Waals surface area contributed by atoms with Crippen molar-refractivity contribution in [2.45, 2.75) is 44.0 Å². The third-order valence-corrected chi connectivity index (χ3v) is 6.40. The number of rotatable bonds is 10. The zero-order valence-electron chi connectivity index (χ0n) is 20.8. The van der Waals surface area contributed by atoms with Crippen LogP contribution < -0.4 is 14.8 Å². The van der Waals surface area contributed by atoms with Crippen molar-refractivity contribution in [3.05, 3.63) is 60.4 Å². The number of ether oxygens (including phenoxy) is 3. The number of hydrogen-bond donors (Lipinski definition) is 1. The molecule has 0 spiro atoms. The maximum absolute atomic E-state index is 14.3. The summed E-state index contributed by atoms with van der Waals surface area (Å²) in [4.78, 5) is 17.8. The van der Waals surface area contributed by atoms with Crippen molar-refractivity contribution < 1.29 is 23.4 Å². The van der Waals surface area contributed by atoms with Crippen LogP contribution in [0.5, 0.6) is 11.5 Å². The van der Waals surface area contributed by atoms with Gasteiger partial charge in [0.15, 0.2) is 0 Å². The van der Waals surface area contributed by atoms with Crippen LogP contribution in [0.4, 0.5) is 4.39 Å². The van der Waals surface area contributed by atoms with Crippen molar-refractivity contribution in [1.82, 2.24) is 14.7 Å². The lowest BCUT2D eigenvalue weighted by molar-refractivity contribution is 0.0854. The molecule has 1 atom stereocenters. The normalized spacial score (nSPS) is 15.1. The molecule has 2 aromatic heterocycles. The van der Waals surface area contributed by atoms with E-state index in [2.05, 4.69) is 22.9 Å². The minimum absolute atomic E-state index is 0.0136. The maximum Gasteiger partial charge on any atom is 0.259 e. The molecule has 188 valence electrons. The number of halogens is 1. The molecule has 0 saturated heterocycles. The average Bonchev–Trinajstić information content (AvgIpc) is 3.48. The number of imidazole rings is 1. The highest BCUT2D eigenvalue weighted by Gasteiger charge is 2.45. The minimum Gasteiger partial charge on any atom is -0.496 e. The first kappa shape index (κ1) is 25.2. The van der Waals surface area contributed by atoms with Gasteiger partial charge in [-0.05, 0) is 62.6 Å². The largest absolute Gasteiger partial charge is 0.496 e. The molecule has 1 aliphatic rings. The number of fused-ring (bicyclic) bond motifs is 1. The van der Waals surface area contributed by atoms with Gasteiger partial charge >= 0.3 is 0 Å². The van der Waals surface area contributed by atoms with Gasteiger partial charge in [-0.25, -0.2) is 4.98 Å². The summed E-state index contributed by atoms with van der Waals surface area (Å²) in [6.45, 7) is 7.48. The van der Waals surface area contributed by atoms with Crippen molar-refractivity contribution >= 4 is 11.6 Å². The van der Waals surface area contributed by atoms with Gasteiger partial charge in [0.25, 0.3) is 12.3 Å². The first-order valence-corrected chi connectivity index (χ1v) is 11.5. The van der Waals surface area contributed by atoms with Crippen molar-refractivity contribution in [1.29, 1.82) is 5.26 Å². The number of methoxy groups -OCH3 is 2. The number of aromatic nitrogens is 2. The highest BCUT2D eigenvalue weighted by molar-refractivity contribution is 6.01. The van der Waals surface area contributed by atoms with Gasteiger partial charge in [0.1, 0.15) is 22.7 Å². The van der Waals surface area contributed by atoms with Gasteiger partial charge in [-0.3, -0.25) is 9.20 Å². The Hall–Kier alpha value is -3.90. The Kier molecular flexibility index (Phi) is 6.74. The second kappa shape index (κ2) is 9.63. The molecule has 0 aliphatic heterocycles. The molecule has 1 aliphatic carbocycles. The van der Waals surface area contributed by atoms with E-state index in [1.807, 2.05) is 36.6 Å². The van der Waals surface area contributed by atoms with Crippen molar-refractivity contribution in [2.75, 3.05) is 20.8 Å². The molecule has 1 aromatic carbocycles. The van der Waals surface area contributed by atoms with E-state index in [1.165, 1.54) is 7.11 Å². The van der Waals surface area contributed by atoms with E-state index in [4.69, 9.17) is 14.2 Å². The van der Waals surface area contributed by atoms with Crippen LogP contribution >= 0.6 is 0 Å². The molecule has 3 aromatic rings. The molecule has 1 N–H and O–H groups in total. The molecular formula is C27H29FN4O4. The van der Waals surface area contributed by atoms with E-state index in [0.29, 0.717) is 23.5 Å². The van der Waals surface area contributed by atoms with Gasteiger partial charge in [0.05, 0.1) is 42.6 Å². The highest BCUT2D eigenvalue weighted by atomic mass is 19.1. The highest BCUT2D eigenvalue weighted by Crippen LogP contribution is 2.40. The molecule has 0 bridgehead atoms. The van der Waals surface area contributed by atoms with Crippen LogP contribution in [-0.4, -0.2) is 48.0 Å². The Balaban J connectivity index is 1.80. The third kappa shape index (κ3) is 4.77. The van der Waals surface area contributed by atoms with Crippen LogP contribution in [0.25, 0.3) is 16.9 Å². The smallest absolute Gasteiger partial charge is 0.259 e. The zero-order valence-corrected chi connectivity index (χ0v) is 20.8. The molecule has 9 heteroatoms. The molecule has 1 fully saturated rings. The fraction of sp³-hybridized carbons (Fsp3) is 0.370. The zero-order chi connectivity index (χ0) is 26.1. The predicted octanol–water partition coefficient (Wildman–Crippen LogP) is 4.58. The van der Waals surface area contributed by atoms with Crippen LogP contribution in [0.2, 0.25) is 0 Å². The fourth-order valence-corrected chi connectivity index (χ4v) is 4.07. The van der Waals surface area contributed by atoms with Crippen LogP contribution in [0, 0.1) is 11.3 Å². The number of nitrogens with one attached hydrogen (secondary N) is 1. The number of alkyl halides is 1. The molecule has 4 rings (SSSR count). The second-order valence-corrected chi connectivity index (χ2v) is 9.45. The third-order valence-electron chi connectivity index (χ3n) is 6.40. The van der Waals surface area contributed by atoms with Crippen molar-refractivity contribution in [3.63, 3.8) is 0 Å². The van der Waals surface area contributed by atoms with Gasteiger partial charge < -0.3 is 19.5 Å². The summed E-state index contributed by atoms with van der Waals surface area (Å²) in [6.07, 6.45) is 4.23.